The summed E-state index contributed by atoms with van der Waals surface area (Å²) in [6.07, 6.45) is -0.391. The van der Waals surface area contributed by atoms with Gasteiger partial charge in [0.1, 0.15) is 5.58 Å². The summed E-state index contributed by atoms with van der Waals surface area (Å²) in [4.78, 5) is 13.5. The molecule has 0 aliphatic carbocycles. The van der Waals surface area contributed by atoms with Gasteiger partial charge in [-0.15, -0.1) is 0 Å². The Morgan fingerprint density at radius 1 is 1.41 bits per heavy atom. The maximum atomic E-state index is 11.9. The fourth-order valence-electron chi connectivity index (χ4n) is 1.89. The molecule has 4 nitrogen and oxygen atoms in total. The molecule has 3 rings (SSSR count). The Labute approximate surface area is 106 Å². The zero-order chi connectivity index (χ0) is 12.0. The van der Waals surface area contributed by atoms with Crippen molar-refractivity contribution in [3.63, 3.8) is 0 Å². The lowest BCUT2D eigenvalue weighted by molar-refractivity contribution is 0.00406. The minimum Gasteiger partial charge on any atom is -0.451 e. The van der Waals surface area contributed by atoms with Crippen molar-refractivity contribution < 1.29 is 14.3 Å². The molecule has 0 saturated carbocycles. The van der Waals surface area contributed by atoms with Gasteiger partial charge in [-0.1, -0.05) is 15.9 Å². The highest BCUT2D eigenvalue weighted by Crippen LogP contribution is 2.25. The molecule has 1 aromatic carbocycles. The van der Waals surface area contributed by atoms with Crippen molar-refractivity contribution in [3.05, 3.63) is 34.5 Å². The summed E-state index contributed by atoms with van der Waals surface area (Å²) in [6.45, 7) is 0.777. The number of likely N-dealkylation sites (tertiary alicyclic amines) is 1. The van der Waals surface area contributed by atoms with E-state index in [0.717, 1.165) is 9.86 Å². The molecule has 0 atom stereocenters. The quantitative estimate of drug-likeness (QED) is 0.876. The Morgan fingerprint density at radius 3 is 2.88 bits per heavy atom. The van der Waals surface area contributed by atoms with Crippen LogP contribution < -0.4 is 0 Å². The van der Waals surface area contributed by atoms with Crippen molar-refractivity contribution in [2.45, 2.75) is 6.10 Å². The lowest BCUT2D eigenvalue weighted by Crippen LogP contribution is -2.53. The summed E-state index contributed by atoms with van der Waals surface area (Å²) < 4.78 is 6.41. The van der Waals surface area contributed by atoms with Crippen LogP contribution in [-0.4, -0.2) is 35.1 Å². The van der Waals surface area contributed by atoms with Crippen LogP contribution in [0.1, 0.15) is 10.6 Å². The maximum absolute atomic E-state index is 11.9. The van der Waals surface area contributed by atoms with Crippen molar-refractivity contribution in [1.82, 2.24) is 4.90 Å². The Kier molecular flexibility index (Phi) is 2.45. The first-order valence-electron chi connectivity index (χ1n) is 5.30. The van der Waals surface area contributed by atoms with Crippen molar-refractivity contribution >= 4 is 32.8 Å². The van der Waals surface area contributed by atoms with E-state index in [1.165, 1.54) is 0 Å². The number of rotatable bonds is 1. The van der Waals surface area contributed by atoms with Crippen LogP contribution in [0.5, 0.6) is 0 Å². The molecule has 1 saturated heterocycles. The highest BCUT2D eigenvalue weighted by Gasteiger charge is 2.31. The average Bonchev–Trinajstić information content (AvgIpc) is 2.66. The number of aliphatic hydroxyl groups excluding tert-OH is 1. The number of benzene rings is 1. The standard InChI is InChI=1S/C12H10BrNO3/c13-8-2-1-7-3-11(17-10(7)4-8)12(16)14-5-9(15)6-14/h1-4,9,15H,5-6H2. The number of nitrogens with zero attached hydrogens (tertiary/aromatic N) is 1. The number of halogens is 1. The van der Waals surface area contributed by atoms with Gasteiger partial charge >= 0.3 is 0 Å². The van der Waals surface area contributed by atoms with E-state index < -0.39 is 6.10 Å². The topological polar surface area (TPSA) is 53.7 Å². The molecule has 5 heteroatoms. The second-order valence-corrected chi connectivity index (χ2v) is 5.07. The molecule has 0 bridgehead atoms. The van der Waals surface area contributed by atoms with Gasteiger partial charge < -0.3 is 14.4 Å². The number of hydrogen-bond acceptors (Lipinski definition) is 3. The summed E-state index contributed by atoms with van der Waals surface area (Å²) >= 11 is 3.35. The smallest absolute Gasteiger partial charge is 0.289 e. The van der Waals surface area contributed by atoms with Crippen molar-refractivity contribution in [3.8, 4) is 0 Å². The van der Waals surface area contributed by atoms with Gasteiger partial charge in [-0.25, -0.2) is 0 Å². The van der Waals surface area contributed by atoms with E-state index in [2.05, 4.69) is 15.9 Å². The van der Waals surface area contributed by atoms with E-state index >= 15 is 0 Å². The number of furan rings is 1. The molecule has 88 valence electrons. The minimum absolute atomic E-state index is 0.164. The highest BCUT2D eigenvalue weighted by atomic mass is 79.9. The fraction of sp³-hybridized carbons (Fsp3) is 0.250. The zero-order valence-electron chi connectivity index (χ0n) is 8.89. The third-order valence-corrected chi connectivity index (χ3v) is 3.34. The highest BCUT2D eigenvalue weighted by molar-refractivity contribution is 9.10. The SMILES string of the molecule is O=C(c1cc2ccc(Br)cc2o1)N1CC(O)C1. The number of aliphatic hydroxyl groups is 1. The van der Waals surface area contributed by atoms with Crippen LogP contribution in [0.25, 0.3) is 11.0 Å². The van der Waals surface area contributed by atoms with E-state index in [1.807, 2.05) is 18.2 Å². The second-order valence-electron chi connectivity index (χ2n) is 4.16. The Bertz CT molecular complexity index is 586. The maximum Gasteiger partial charge on any atom is 0.289 e. The first kappa shape index (κ1) is 10.8. The monoisotopic (exact) mass is 295 g/mol. The Hall–Kier alpha value is -1.33. The molecule has 0 radical (unpaired) electrons. The second kappa shape index (κ2) is 3.85. The minimum atomic E-state index is -0.391. The molecule has 1 N–H and O–H groups in total. The molecule has 2 heterocycles. The number of amides is 1. The molecule has 1 aromatic heterocycles. The summed E-state index contributed by atoms with van der Waals surface area (Å²) in [5, 5.41) is 10.1. The van der Waals surface area contributed by atoms with Crippen molar-refractivity contribution in [1.29, 1.82) is 0 Å². The van der Waals surface area contributed by atoms with E-state index in [-0.39, 0.29) is 5.91 Å². The number of carbonyl (C=O) groups excluding carboxylic acids is 1. The normalized spacial score (nSPS) is 16.2. The third-order valence-electron chi connectivity index (χ3n) is 2.84. The van der Waals surface area contributed by atoms with Crippen LogP contribution in [0.2, 0.25) is 0 Å². The largest absolute Gasteiger partial charge is 0.451 e. The van der Waals surface area contributed by atoms with Gasteiger partial charge in [0.15, 0.2) is 5.76 Å². The van der Waals surface area contributed by atoms with E-state index in [1.54, 1.807) is 11.0 Å². The van der Waals surface area contributed by atoms with Crippen LogP contribution in [0.3, 0.4) is 0 Å². The molecular formula is C12H10BrNO3. The van der Waals surface area contributed by atoms with Crippen molar-refractivity contribution in [2.75, 3.05) is 13.1 Å². The number of β-amino-alcohol motifs (C(OH)–C–C–N with tert-alkyl or cyclic N) is 1. The van der Waals surface area contributed by atoms with Crippen LogP contribution in [0.4, 0.5) is 0 Å². The summed E-state index contributed by atoms with van der Waals surface area (Å²) in [6, 6.07) is 7.36. The molecule has 17 heavy (non-hydrogen) atoms. The van der Waals surface area contributed by atoms with E-state index in [9.17, 15) is 4.79 Å². The van der Waals surface area contributed by atoms with Gasteiger partial charge in [-0.2, -0.15) is 0 Å². The number of carbonyl (C=O) groups is 1. The van der Waals surface area contributed by atoms with Crippen molar-refractivity contribution in [2.24, 2.45) is 0 Å². The Morgan fingerprint density at radius 2 is 2.18 bits per heavy atom. The van der Waals surface area contributed by atoms with Gasteiger partial charge in [0.05, 0.1) is 6.10 Å². The van der Waals surface area contributed by atoms with Gasteiger partial charge in [0.2, 0.25) is 0 Å². The fourth-order valence-corrected chi connectivity index (χ4v) is 2.23. The lowest BCUT2D eigenvalue weighted by Gasteiger charge is -2.35. The number of fused-ring (bicyclic) bond motifs is 1. The lowest BCUT2D eigenvalue weighted by atomic mass is 10.1. The molecule has 1 aliphatic heterocycles. The van der Waals surface area contributed by atoms with Gasteiger partial charge in [0.25, 0.3) is 5.91 Å². The molecule has 1 amide bonds. The van der Waals surface area contributed by atoms with Crippen LogP contribution in [0.15, 0.2) is 33.2 Å². The molecular weight excluding hydrogens is 286 g/mol. The molecule has 0 unspecified atom stereocenters. The summed E-state index contributed by atoms with van der Waals surface area (Å²) in [5.41, 5.74) is 0.684. The molecule has 2 aromatic rings. The van der Waals surface area contributed by atoms with Crippen LogP contribution in [0, 0.1) is 0 Å². The molecule has 1 fully saturated rings. The third kappa shape index (κ3) is 1.85. The summed E-state index contributed by atoms with van der Waals surface area (Å²) in [5.74, 6) is 0.160. The predicted octanol–water partition coefficient (Wildman–Crippen LogP) is 2.01. The Balaban J connectivity index is 1.93. The van der Waals surface area contributed by atoms with Crippen LogP contribution >= 0.6 is 15.9 Å². The number of hydrogen-bond donors (Lipinski definition) is 1. The van der Waals surface area contributed by atoms with Gasteiger partial charge in [0, 0.05) is 22.9 Å². The molecule has 0 spiro atoms. The first-order chi connectivity index (χ1) is 8.13. The first-order valence-corrected chi connectivity index (χ1v) is 6.09. The van der Waals surface area contributed by atoms with Crippen LogP contribution in [-0.2, 0) is 0 Å². The van der Waals surface area contributed by atoms with E-state index in [4.69, 9.17) is 9.52 Å². The summed E-state index contributed by atoms with van der Waals surface area (Å²) in [7, 11) is 0. The average molecular weight is 296 g/mol. The van der Waals surface area contributed by atoms with E-state index in [0.29, 0.717) is 24.4 Å². The predicted molar refractivity (Wildman–Crippen MR) is 65.8 cm³/mol. The zero-order valence-corrected chi connectivity index (χ0v) is 10.5. The van der Waals surface area contributed by atoms with Gasteiger partial charge in [-0.3, -0.25) is 4.79 Å². The van der Waals surface area contributed by atoms with Gasteiger partial charge in [-0.05, 0) is 24.3 Å². The molecule has 1 aliphatic rings.